The van der Waals surface area contributed by atoms with Gasteiger partial charge in [-0.1, -0.05) is 19.3 Å². The highest BCUT2D eigenvalue weighted by Gasteiger charge is 2.32. The Morgan fingerprint density at radius 2 is 1.95 bits per heavy atom. The van der Waals surface area contributed by atoms with Gasteiger partial charge in [-0.2, -0.15) is 0 Å². The zero-order valence-corrected chi connectivity index (χ0v) is 11.8. The zero-order chi connectivity index (χ0) is 13.5. The van der Waals surface area contributed by atoms with Gasteiger partial charge >= 0.3 is 0 Å². The third-order valence-electron chi connectivity index (χ3n) is 4.49. The van der Waals surface area contributed by atoms with Gasteiger partial charge in [-0.3, -0.25) is 0 Å². The minimum Gasteiger partial charge on any atom is -0.496 e. The van der Waals surface area contributed by atoms with Crippen LogP contribution in [0.5, 0.6) is 5.75 Å². The Morgan fingerprint density at radius 1 is 1.21 bits per heavy atom. The molecule has 3 heteroatoms. The van der Waals surface area contributed by atoms with Gasteiger partial charge in [0.1, 0.15) is 5.75 Å². The molecule has 0 radical (unpaired) electrons. The number of hydrogen-bond donors (Lipinski definition) is 1. The van der Waals surface area contributed by atoms with Crippen molar-refractivity contribution in [1.29, 1.82) is 0 Å². The number of benzene rings is 1. The van der Waals surface area contributed by atoms with Gasteiger partial charge in [-0.05, 0) is 31.0 Å². The molecule has 1 saturated carbocycles. The van der Waals surface area contributed by atoms with Crippen LogP contribution in [0, 0.1) is 0 Å². The van der Waals surface area contributed by atoms with Crippen LogP contribution in [0.25, 0.3) is 10.9 Å². The molecule has 1 aromatic heterocycles. The molecule has 0 amide bonds. The van der Waals surface area contributed by atoms with Crippen molar-refractivity contribution in [3.63, 3.8) is 0 Å². The lowest BCUT2D eigenvalue weighted by molar-refractivity contribution is 0.289. The average Bonchev–Trinajstić information content (AvgIpc) is 2.79. The van der Waals surface area contributed by atoms with Crippen molar-refractivity contribution in [2.24, 2.45) is 12.8 Å². The predicted octanol–water partition coefficient (Wildman–Crippen LogP) is 3.31. The number of aryl methyl sites for hydroxylation is 1. The van der Waals surface area contributed by atoms with E-state index in [0.717, 1.165) is 18.6 Å². The molecule has 0 unspecified atom stereocenters. The summed E-state index contributed by atoms with van der Waals surface area (Å²) >= 11 is 0. The highest BCUT2D eigenvalue weighted by Crippen LogP contribution is 2.41. The Kier molecular flexibility index (Phi) is 3.02. The quantitative estimate of drug-likeness (QED) is 0.897. The van der Waals surface area contributed by atoms with E-state index in [9.17, 15) is 0 Å². The lowest BCUT2D eigenvalue weighted by Gasteiger charge is -2.35. The van der Waals surface area contributed by atoms with Gasteiger partial charge < -0.3 is 15.0 Å². The minimum absolute atomic E-state index is 0.220. The monoisotopic (exact) mass is 258 g/mol. The van der Waals surface area contributed by atoms with Crippen molar-refractivity contribution in [3.8, 4) is 5.75 Å². The van der Waals surface area contributed by atoms with Crippen molar-refractivity contribution in [3.05, 3.63) is 30.0 Å². The number of aromatic nitrogens is 1. The molecule has 1 heterocycles. The van der Waals surface area contributed by atoms with E-state index >= 15 is 0 Å². The minimum atomic E-state index is -0.220. The van der Waals surface area contributed by atoms with E-state index in [4.69, 9.17) is 10.5 Å². The molecule has 0 spiro atoms. The Labute approximate surface area is 114 Å². The summed E-state index contributed by atoms with van der Waals surface area (Å²) in [5.74, 6) is 0.933. The van der Waals surface area contributed by atoms with Gasteiger partial charge in [-0.15, -0.1) is 0 Å². The molecule has 0 saturated heterocycles. The predicted molar refractivity (Wildman–Crippen MR) is 78.4 cm³/mol. The van der Waals surface area contributed by atoms with E-state index in [1.165, 1.54) is 35.7 Å². The maximum Gasteiger partial charge on any atom is 0.124 e. The number of nitrogens with two attached hydrogens (primary N) is 1. The van der Waals surface area contributed by atoms with Crippen LogP contribution in [0.4, 0.5) is 0 Å². The van der Waals surface area contributed by atoms with Crippen LogP contribution in [0.2, 0.25) is 0 Å². The third kappa shape index (κ3) is 2.02. The van der Waals surface area contributed by atoms with Crippen molar-refractivity contribution < 1.29 is 4.74 Å². The highest BCUT2D eigenvalue weighted by molar-refractivity contribution is 5.83. The van der Waals surface area contributed by atoms with E-state index in [0.29, 0.717) is 0 Å². The van der Waals surface area contributed by atoms with Gasteiger partial charge in [0.05, 0.1) is 7.11 Å². The lowest BCUT2D eigenvalue weighted by Crippen LogP contribution is -2.38. The molecule has 2 aromatic rings. The van der Waals surface area contributed by atoms with E-state index in [1.807, 2.05) is 0 Å². The molecule has 1 aromatic carbocycles. The van der Waals surface area contributed by atoms with Gasteiger partial charge in [0.25, 0.3) is 0 Å². The number of fused-ring (bicyclic) bond motifs is 1. The lowest BCUT2D eigenvalue weighted by atomic mass is 9.77. The summed E-state index contributed by atoms with van der Waals surface area (Å²) in [4.78, 5) is 0. The van der Waals surface area contributed by atoms with Crippen molar-refractivity contribution >= 4 is 10.9 Å². The fourth-order valence-electron chi connectivity index (χ4n) is 3.31. The number of rotatable bonds is 2. The van der Waals surface area contributed by atoms with Crippen LogP contribution in [-0.4, -0.2) is 11.7 Å². The first kappa shape index (κ1) is 12.5. The molecular weight excluding hydrogens is 236 g/mol. The molecule has 1 aliphatic rings. The summed E-state index contributed by atoms with van der Waals surface area (Å²) in [6.45, 7) is 0. The van der Waals surface area contributed by atoms with Crippen LogP contribution < -0.4 is 10.5 Å². The highest BCUT2D eigenvalue weighted by atomic mass is 16.5. The topological polar surface area (TPSA) is 40.2 Å². The van der Waals surface area contributed by atoms with Crippen LogP contribution in [0.3, 0.4) is 0 Å². The molecule has 1 aliphatic carbocycles. The maximum absolute atomic E-state index is 6.68. The molecule has 3 nitrogen and oxygen atoms in total. The molecule has 2 N–H and O–H groups in total. The fourth-order valence-corrected chi connectivity index (χ4v) is 3.31. The summed E-state index contributed by atoms with van der Waals surface area (Å²) < 4.78 is 7.74. The molecule has 1 fully saturated rings. The number of hydrogen-bond acceptors (Lipinski definition) is 2. The molecule has 102 valence electrons. The average molecular weight is 258 g/mol. The van der Waals surface area contributed by atoms with Gasteiger partial charge in [0, 0.05) is 35.2 Å². The van der Waals surface area contributed by atoms with Crippen LogP contribution >= 0.6 is 0 Å². The van der Waals surface area contributed by atoms with Crippen molar-refractivity contribution in [1.82, 2.24) is 4.57 Å². The standard InChI is InChI=1S/C16H22N2O/c1-18-9-6-12-10-15(19-2)13(11-14(12)18)16(17)7-4-3-5-8-16/h6,9-11H,3-5,7-8,17H2,1-2H3. The Balaban J connectivity index is 2.17. The summed E-state index contributed by atoms with van der Waals surface area (Å²) in [5, 5.41) is 1.21. The van der Waals surface area contributed by atoms with Gasteiger partial charge in [0.15, 0.2) is 0 Å². The second-order valence-electron chi connectivity index (χ2n) is 5.75. The van der Waals surface area contributed by atoms with Crippen molar-refractivity contribution in [2.75, 3.05) is 7.11 Å². The summed E-state index contributed by atoms with van der Waals surface area (Å²) in [6.07, 6.45) is 7.92. The Hall–Kier alpha value is -1.48. The van der Waals surface area contributed by atoms with Crippen LogP contribution in [0.15, 0.2) is 24.4 Å². The molecule has 0 atom stereocenters. The second kappa shape index (κ2) is 4.57. The van der Waals surface area contributed by atoms with Crippen LogP contribution in [0.1, 0.15) is 37.7 Å². The van der Waals surface area contributed by atoms with E-state index < -0.39 is 0 Å². The van der Waals surface area contributed by atoms with Crippen LogP contribution in [-0.2, 0) is 12.6 Å². The summed E-state index contributed by atoms with van der Waals surface area (Å²) in [7, 11) is 3.81. The fraction of sp³-hybridized carbons (Fsp3) is 0.500. The Morgan fingerprint density at radius 3 is 2.63 bits per heavy atom. The first-order chi connectivity index (χ1) is 9.14. The summed E-state index contributed by atoms with van der Waals surface area (Å²) in [5.41, 5.74) is 8.86. The maximum atomic E-state index is 6.68. The van der Waals surface area contributed by atoms with Gasteiger partial charge in [-0.25, -0.2) is 0 Å². The van der Waals surface area contributed by atoms with E-state index in [-0.39, 0.29) is 5.54 Å². The van der Waals surface area contributed by atoms with E-state index in [1.54, 1.807) is 7.11 Å². The first-order valence-electron chi connectivity index (χ1n) is 7.06. The SMILES string of the molecule is COc1cc2ccn(C)c2cc1C1(N)CCCCC1. The smallest absolute Gasteiger partial charge is 0.124 e. The number of methoxy groups -OCH3 is 1. The number of nitrogens with zero attached hydrogens (tertiary/aromatic N) is 1. The largest absolute Gasteiger partial charge is 0.496 e. The molecule has 19 heavy (non-hydrogen) atoms. The van der Waals surface area contributed by atoms with Crippen molar-refractivity contribution in [2.45, 2.75) is 37.6 Å². The third-order valence-corrected chi connectivity index (χ3v) is 4.49. The summed E-state index contributed by atoms with van der Waals surface area (Å²) in [6, 6.07) is 6.46. The normalized spacial score (nSPS) is 18.7. The second-order valence-corrected chi connectivity index (χ2v) is 5.75. The number of ether oxygens (including phenoxy) is 1. The zero-order valence-electron chi connectivity index (χ0n) is 11.8. The Bertz CT molecular complexity index is 594. The van der Waals surface area contributed by atoms with Gasteiger partial charge in [0.2, 0.25) is 0 Å². The molecule has 3 rings (SSSR count). The molecule has 0 aliphatic heterocycles. The van der Waals surface area contributed by atoms with E-state index in [2.05, 4.69) is 36.0 Å². The molecular formula is C16H22N2O. The molecule has 0 bridgehead atoms. The first-order valence-corrected chi connectivity index (χ1v) is 7.06.